The minimum Gasteiger partial charge on any atom is -0.486 e. The molecule has 5 fully saturated rings. The first-order chi connectivity index (χ1) is 39.4. The summed E-state index contributed by atoms with van der Waals surface area (Å²) in [6, 6.07) is 17.4. The lowest BCUT2D eigenvalue weighted by Gasteiger charge is -2.31. The van der Waals surface area contributed by atoms with Crippen LogP contribution in [0.3, 0.4) is 0 Å². The van der Waals surface area contributed by atoms with Gasteiger partial charge in [-0.05, 0) is 84.9 Å². The van der Waals surface area contributed by atoms with Gasteiger partial charge in [0.1, 0.15) is 47.6 Å². The summed E-state index contributed by atoms with van der Waals surface area (Å²) in [5.74, 6) is 0.0881. The highest BCUT2D eigenvalue weighted by atomic mass is 32.1. The Morgan fingerprint density at radius 1 is 0.963 bits per heavy atom. The summed E-state index contributed by atoms with van der Waals surface area (Å²) < 4.78 is 37.2. The fourth-order valence-corrected chi connectivity index (χ4v) is 13.3. The van der Waals surface area contributed by atoms with Gasteiger partial charge in [0.25, 0.3) is 0 Å². The molecule has 13 rings (SSSR count). The molecule has 5 N–H and O–H groups in total. The molecule has 0 spiro atoms. The molecule has 4 aliphatic heterocycles. The summed E-state index contributed by atoms with van der Waals surface area (Å²) >= 11 is 1.54. The number of likely N-dealkylation sites (tertiary alicyclic amines) is 1. The van der Waals surface area contributed by atoms with Gasteiger partial charge in [-0.3, -0.25) is 14.7 Å². The molecular formula is C60H65FN12O7S. The van der Waals surface area contributed by atoms with Gasteiger partial charge < -0.3 is 44.9 Å². The van der Waals surface area contributed by atoms with E-state index >= 15 is 4.39 Å². The van der Waals surface area contributed by atoms with Crippen molar-refractivity contribution in [1.82, 2.24) is 55.7 Å². The lowest BCUT2D eigenvalue weighted by atomic mass is 9.88. The van der Waals surface area contributed by atoms with Crippen LogP contribution < -0.4 is 25.0 Å². The number of amides is 2. The third-order valence-corrected chi connectivity index (χ3v) is 17.9. The van der Waals surface area contributed by atoms with Crippen LogP contribution in [0.25, 0.3) is 54.6 Å². The zero-order valence-electron chi connectivity index (χ0n) is 45.6. The maximum absolute atomic E-state index is 16.2. The molecule has 4 saturated heterocycles. The van der Waals surface area contributed by atoms with Gasteiger partial charge in [0, 0.05) is 78.4 Å². The molecule has 2 bridgehead atoms. The minimum absolute atomic E-state index is 0.0357. The van der Waals surface area contributed by atoms with Crippen LogP contribution in [0.2, 0.25) is 0 Å². The number of aliphatic hydroxyl groups is 2. The van der Waals surface area contributed by atoms with Crippen molar-refractivity contribution < 1.29 is 38.4 Å². The maximum atomic E-state index is 16.2. The predicted molar refractivity (Wildman–Crippen MR) is 303 cm³/mol. The zero-order valence-corrected chi connectivity index (χ0v) is 46.5. The van der Waals surface area contributed by atoms with Crippen LogP contribution in [0.15, 0.2) is 78.6 Å². The highest BCUT2D eigenvalue weighted by molar-refractivity contribution is 7.13. The van der Waals surface area contributed by atoms with E-state index in [9.17, 15) is 19.8 Å². The van der Waals surface area contributed by atoms with Crippen molar-refractivity contribution in [3.63, 3.8) is 0 Å². The predicted octanol–water partition coefficient (Wildman–Crippen LogP) is 7.88. The molecule has 19 nitrogen and oxygen atoms in total. The van der Waals surface area contributed by atoms with Crippen molar-refractivity contribution in [1.29, 1.82) is 0 Å². The Kier molecular flexibility index (Phi) is 14.2. The number of nitrogens with one attached hydrogen (secondary N) is 3. The molecular weight excluding hydrogens is 1050 g/mol. The van der Waals surface area contributed by atoms with E-state index in [1.165, 1.54) is 15.6 Å². The van der Waals surface area contributed by atoms with E-state index in [1.807, 2.05) is 76.2 Å². The summed E-state index contributed by atoms with van der Waals surface area (Å²) in [4.78, 5) is 48.3. The van der Waals surface area contributed by atoms with Crippen LogP contribution >= 0.6 is 11.3 Å². The highest BCUT2D eigenvalue weighted by Gasteiger charge is 2.44. The quantitative estimate of drug-likeness (QED) is 0.0584. The van der Waals surface area contributed by atoms with Crippen LogP contribution in [-0.2, 0) is 20.9 Å². The highest BCUT2D eigenvalue weighted by Crippen LogP contribution is 2.54. The fourth-order valence-electron chi connectivity index (χ4n) is 12.5. The number of ether oxygens (including phenoxy) is 3. The number of carbonyl (C=O) groups excluding carboxylic acids is 2. The number of aryl methyl sites for hydroxylation is 1. The number of H-pyrrole nitrogens is 1. The SMILES string of the molecule is Cc1ncsc1-c1ccc([C@H](CO)NC(=O)[C@@H]2C[C@@H](O)CN2C(=O)[C@H](C(C)C)n2cc(-c3ccc(COc4c(-c5c(C)c(F)cc6[nH]ncc56)c(C5CC5)cc5c(N6C[C@H]7C[C@@H]6CN7)nc(OC6CCOCC6)nc45)cc3)nn2)cc1. The zero-order chi connectivity index (χ0) is 55.6. The summed E-state index contributed by atoms with van der Waals surface area (Å²) in [6.45, 7) is 10.2. The van der Waals surface area contributed by atoms with Gasteiger partial charge in [0.2, 0.25) is 11.8 Å². The summed E-state index contributed by atoms with van der Waals surface area (Å²) in [7, 11) is 0. The molecule has 420 valence electrons. The number of halogens is 1. The van der Waals surface area contributed by atoms with Crippen molar-refractivity contribution in [2.24, 2.45) is 5.92 Å². The number of carbonyl (C=O) groups is 2. The van der Waals surface area contributed by atoms with Gasteiger partial charge in [-0.2, -0.15) is 15.1 Å². The lowest BCUT2D eigenvalue weighted by Crippen LogP contribution is -2.50. The van der Waals surface area contributed by atoms with E-state index in [0.717, 1.165) is 100 Å². The van der Waals surface area contributed by atoms with Gasteiger partial charge in [0.05, 0.1) is 66.0 Å². The molecule has 6 atom stereocenters. The van der Waals surface area contributed by atoms with Crippen LogP contribution in [-0.4, -0.2) is 137 Å². The van der Waals surface area contributed by atoms with E-state index < -0.39 is 30.1 Å². The third-order valence-electron chi connectivity index (χ3n) is 16.9. The first kappa shape index (κ1) is 52.9. The molecule has 4 aromatic carbocycles. The van der Waals surface area contributed by atoms with Crippen molar-refractivity contribution in [3.05, 3.63) is 112 Å². The molecule has 4 aromatic heterocycles. The number of benzene rings is 4. The second-order valence-corrected chi connectivity index (χ2v) is 23.6. The smallest absolute Gasteiger partial charge is 0.319 e. The monoisotopic (exact) mass is 1120 g/mol. The third kappa shape index (κ3) is 10.2. The van der Waals surface area contributed by atoms with E-state index in [0.29, 0.717) is 58.4 Å². The number of β-amino-alcohol motifs (C(OH)–C–C–N with tert-alkyl or cyclic N) is 1. The molecule has 5 aliphatic rings. The van der Waals surface area contributed by atoms with Gasteiger partial charge in [-0.15, -0.1) is 16.4 Å². The van der Waals surface area contributed by atoms with Crippen LogP contribution in [0.4, 0.5) is 10.2 Å². The molecule has 8 heterocycles. The van der Waals surface area contributed by atoms with Crippen LogP contribution in [0, 0.1) is 25.6 Å². The van der Waals surface area contributed by atoms with Gasteiger partial charge in [-0.25, -0.2) is 14.1 Å². The second-order valence-electron chi connectivity index (χ2n) is 22.7. The van der Waals surface area contributed by atoms with E-state index in [1.54, 1.807) is 29.2 Å². The molecule has 0 unspecified atom stereocenters. The number of aromatic nitrogens is 8. The molecule has 0 radical (unpaired) electrons. The Hall–Kier alpha value is -7.43. The number of aliphatic hydroxyl groups excluding tert-OH is 2. The molecule has 81 heavy (non-hydrogen) atoms. The van der Waals surface area contributed by atoms with Crippen molar-refractivity contribution in [2.75, 3.05) is 44.4 Å². The Labute approximate surface area is 471 Å². The standard InChI is InChI=1S/C60H65FN12O7S/c1-31(2)54(59(77)72-26-41(75)20-50(72)58(76)65-49(28-74)37-11-13-38(14-12-37)56-33(4)63-30-81-56)73-27-48(69-70-73)36-7-5-34(6-8-36)29-79-55-52(51-32(3)46(61)22-47-45(51)24-64-68-47)43(35-9-10-35)21-44-53(55)66-60(80-42-15-17-78-18-16-42)67-57(44)71-25-39-19-40(71)23-62-39/h5-8,11-14,21-22,24,27,30-31,35,39-42,49-50,54,62,74-75H,9-10,15-20,23,25-26,28-29H2,1-4H3,(H,64,68)(H,65,76)/t39-,40-,41-,49+,50+,54+/m1/s1. The Morgan fingerprint density at radius 2 is 1.75 bits per heavy atom. The summed E-state index contributed by atoms with van der Waals surface area (Å²) in [5, 5.41) is 46.0. The average Bonchev–Trinajstić information content (AvgIpc) is 3.89. The Morgan fingerprint density at radius 3 is 2.46 bits per heavy atom. The topological polar surface area (TPSA) is 231 Å². The number of piperazine rings is 1. The second kappa shape index (κ2) is 21.8. The number of rotatable bonds is 17. The van der Waals surface area contributed by atoms with Crippen molar-refractivity contribution in [2.45, 2.75) is 121 Å². The van der Waals surface area contributed by atoms with Gasteiger partial charge >= 0.3 is 6.01 Å². The van der Waals surface area contributed by atoms with Gasteiger partial charge in [0.15, 0.2) is 5.75 Å². The first-order valence-corrected chi connectivity index (χ1v) is 29.0. The maximum Gasteiger partial charge on any atom is 0.319 e. The molecule has 1 saturated carbocycles. The summed E-state index contributed by atoms with van der Waals surface area (Å²) in [6.07, 6.45) is 6.91. The number of nitrogens with zero attached hydrogens (tertiary/aromatic N) is 9. The number of aromatic amines is 1. The minimum atomic E-state index is -0.978. The molecule has 1 aliphatic carbocycles. The lowest BCUT2D eigenvalue weighted by molar-refractivity contribution is -0.142. The van der Waals surface area contributed by atoms with Crippen LogP contribution in [0.1, 0.15) is 98.3 Å². The molecule has 2 amide bonds. The fraction of sp³-hybridized carbons (Fsp3) is 0.433. The van der Waals surface area contributed by atoms with Gasteiger partial charge in [-0.1, -0.05) is 67.6 Å². The molecule has 8 aromatic rings. The molecule has 21 heteroatoms. The number of thiazole rings is 1. The number of hydrogen-bond acceptors (Lipinski definition) is 16. The van der Waals surface area contributed by atoms with Crippen molar-refractivity contribution in [3.8, 4) is 44.6 Å². The van der Waals surface area contributed by atoms with Crippen LogP contribution in [0.5, 0.6) is 11.8 Å². The number of fused-ring (bicyclic) bond motifs is 4. The number of anilines is 1. The Balaban J connectivity index is 0.785. The average molecular weight is 1120 g/mol. The first-order valence-electron chi connectivity index (χ1n) is 28.2. The van der Waals surface area contributed by atoms with E-state index in [2.05, 4.69) is 47.1 Å². The number of hydrogen-bond donors (Lipinski definition) is 5. The normalized spacial score (nSPS) is 20.9. The summed E-state index contributed by atoms with van der Waals surface area (Å²) in [5.41, 5.74) is 10.8. The van der Waals surface area contributed by atoms with Crippen molar-refractivity contribution >= 4 is 50.8 Å². The largest absolute Gasteiger partial charge is 0.486 e. The Bertz CT molecular complexity index is 3650. The van der Waals surface area contributed by atoms with E-state index in [4.69, 9.17) is 24.2 Å². The van der Waals surface area contributed by atoms with E-state index in [-0.39, 0.29) is 67.9 Å².